The molecule has 0 spiro atoms. The van der Waals surface area contributed by atoms with Crippen LogP contribution in [0.1, 0.15) is 99.1 Å². The molecule has 47 heavy (non-hydrogen) atoms. The summed E-state index contributed by atoms with van der Waals surface area (Å²) < 4.78 is 10.5. The molecule has 0 bridgehead atoms. The molecule has 0 radical (unpaired) electrons. The number of aryl methyl sites for hydroxylation is 1. The predicted molar refractivity (Wildman–Crippen MR) is 187 cm³/mol. The molecule has 0 saturated heterocycles. The molecule has 11 nitrogen and oxygen atoms in total. The normalized spacial score (nSPS) is 11.5. The third-order valence-corrected chi connectivity index (χ3v) is 6.77. The van der Waals surface area contributed by atoms with Crippen LogP contribution in [0.4, 0.5) is 0 Å². The van der Waals surface area contributed by atoms with Crippen molar-refractivity contribution >= 4 is 29.6 Å². The fourth-order valence-corrected chi connectivity index (χ4v) is 4.13. The Labute approximate surface area is 284 Å². The number of hydrogen-bond acceptors (Lipinski definition) is 7. The first-order chi connectivity index (χ1) is 21.9. The molecular formula is C36H64N4O7. The molecule has 4 N–H and O–H groups in total. The van der Waals surface area contributed by atoms with Crippen LogP contribution in [-0.4, -0.2) is 70.1 Å². The number of likely N-dealkylation sites (N-methyl/N-ethyl adjacent to an activating group) is 1. The lowest BCUT2D eigenvalue weighted by molar-refractivity contribution is -0.148. The lowest BCUT2D eigenvalue weighted by Gasteiger charge is -2.29. The van der Waals surface area contributed by atoms with E-state index in [2.05, 4.69) is 39.9 Å². The van der Waals surface area contributed by atoms with Crippen molar-refractivity contribution in [2.75, 3.05) is 40.5 Å². The molecule has 0 heterocycles. The van der Waals surface area contributed by atoms with Gasteiger partial charge < -0.3 is 30.7 Å². The van der Waals surface area contributed by atoms with Gasteiger partial charge in [-0.05, 0) is 30.2 Å². The van der Waals surface area contributed by atoms with Crippen molar-refractivity contribution in [1.29, 1.82) is 0 Å². The minimum Gasteiger partial charge on any atom is -0.469 e. The Morgan fingerprint density at radius 1 is 0.809 bits per heavy atom. The van der Waals surface area contributed by atoms with Crippen LogP contribution in [0.3, 0.4) is 0 Å². The molecule has 0 aliphatic rings. The van der Waals surface area contributed by atoms with Crippen LogP contribution in [0.25, 0.3) is 0 Å². The summed E-state index contributed by atoms with van der Waals surface area (Å²) in [5.41, 5.74) is 1.91. The first-order valence-electron chi connectivity index (χ1n) is 16.6. The molecule has 1 aromatic rings. The van der Waals surface area contributed by atoms with Gasteiger partial charge in [0, 0.05) is 44.8 Å². The molecule has 1 rings (SSSR count). The smallest absolute Gasteiger partial charge is 0.309 e. The Bertz CT molecular complexity index is 1070. The standard InChI is InChI=1S/C22H36N2O3.C12H22N2O4.C2H6/c1-7-19(25)24-14-22(5,6)16-27-15-21(3,4)12-20(26)23-13-18-10-8-17(2)9-11-18;1-8(2)5-9(12(17)18-4)6-10(15)14-7-11(16)13-3;1-2/h8-11H,7,12-16H2,1-6H3,(H,23,26)(H,24,25);8-9H,5-7H2,1-4H3,(H,13,16)(H,14,15);1-2H3. The molecular weight excluding hydrogens is 600 g/mol. The van der Waals surface area contributed by atoms with E-state index in [0.29, 0.717) is 51.5 Å². The van der Waals surface area contributed by atoms with Crippen LogP contribution in [0.2, 0.25) is 0 Å². The van der Waals surface area contributed by atoms with Gasteiger partial charge in [-0.25, -0.2) is 0 Å². The maximum absolute atomic E-state index is 12.3. The molecule has 0 aliphatic heterocycles. The van der Waals surface area contributed by atoms with Gasteiger partial charge in [0.1, 0.15) is 0 Å². The van der Waals surface area contributed by atoms with Crippen LogP contribution in [-0.2, 0) is 40.0 Å². The van der Waals surface area contributed by atoms with Crippen LogP contribution < -0.4 is 21.3 Å². The molecule has 0 aliphatic carbocycles. The Morgan fingerprint density at radius 2 is 1.38 bits per heavy atom. The summed E-state index contributed by atoms with van der Waals surface area (Å²) in [5, 5.41) is 10.7. The van der Waals surface area contributed by atoms with Crippen LogP contribution in [0.15, 0.2) is 24.3 Å². The van der Waals surface area contributed by atoms with E-state index in [1.165, 1.54) is 19.7 Å². The van der Waals surface area contributed by atoms with E-state index < -0.39 is 11.9 Å². The number of esters is 1. The molecule has 11 heteroatoms. The molecule has 4 amide bonds. The average Bonchev–Trinajstić information content (AvgIpc) is 3.02. The first kappa shape index (κ1) is 45.7. The maximum atomic E-state index is 12.3. The van der Waals surface area contributed by atoms with E-state index >= 15 is 0 Å². The van der Waals surface area contributed by atoms with Crippen molar-refractivity contribution < 1.29 is 33.4 Å². The van der Waals surface area contributed by atoms with Crippen molar-refractivity contribution in [2.45, 2.75) is 101 Å². The number of benzene rings is 1. The van der Waals surface area contributed by atoms with Crippen LogP contribution in [0, 0.1) is 29.6 Å². The second-order valence-electron chi connectivity index (χ2n) is 13.4. The number of amides is 4. The van der Waals surface area contributed by atoms with Crippen molar-refractivity contribution in [3.05, 3.63) is 35.4 Å². The van der Waals surface area contributed by atoms with Gasteiger partial charge in [0.2, 0.25) is 23.6 Å². The summed E-state index contributed by atoms with van der Waals surface area (Å²) in [4.78, 5) is 57.7. The predicted octanol–water partition coefficient (Wildman–Crippen LogP) is 4.70. The highest BCUT2D eigenvalue weighted by atomic mass is 16.5. The van der Waals surface area contributed by atoms with E-state index in [1.54, 1.807) is 0 Å². The summed E-state index contributed by atoms with van der Waals surface area (Å²) in [6.07, 6.45) is 1.52. The minimum atomic E-state index is -0.459. The largest absolute Gasteiger partial charge is 0.469 e. The van der Waals surface area contributed by atoms with Crippen LogP contribution in [0.5, 0.6) is 0 Å². The summed E-state index contributed by atoms with van der Waals surface area (Å²) >= 11 is 0. The molecule has 0 aromatic heterocycles. The van der Waals surface area contributed by atoms with E-state index in [-0.39, 0.29) is 47.4 Å². The number of nitrogens with one attached hydrogen (secondary N) is 4. The Hall–Kier alpha value is -3.47. The lowest BCUT2D eigenvalue weighted by atomic mass is 9.89. The molecule has 1 aromatic carbocycles. The fourth-order valence-electron chi connectivity index (χ4n) is 4.13. The molecule has 270 valence electrons. The zero-order chi connectivity index (χ0) is 36.6. The second-order valence-corrected chi connectivity index (χ2v) is 13.4. The zero-order valence-electron chi connectivity index (χ0n) is 31.2. The molecule has 0 fully saturated rings. The average molecular weight is 665 g/mol. The highest BCUT2D eigenvalue weighted by molar-refractivity contribution is 5.87. The topological polar surface area (TPSA) is 152 Å². The Morgan fingerprint density at radius 3 is 1.89 bits per heavy atom. The van der Waals surface area contributed by atoms with E-state index in [1.807, 2.05) is 79.7 Å². The Kier molecular flexibility index (Phi) is 24.0. The number of rotatable bonds is 18. The molecule has 1 atom stereocenters. The van der Waals surface area contributed by atoms with Crippen molar-refractivity contribution in [2.24, 2.45) is 22.7 Å². The van der Waals surface area contributed by atoms with Crippen molar-refractivity contribution in [1.82, 2.24) is 21.3 Å². The van der Waals surface area contributed by atoms with E-state index in [9.17, 15) is 24.0 Å². The number of carbonyl (C=O) groups excluding carboxylic acids is 5. The first-order valence-corrected chi connectivity index (χ1v) is 16.6. The van der Waals surface area contributed by atoms with Gasteiger partial charge in [-0.2, -0.15) is 0 Å². The third kappa shape index (κ3) is 24.4. The summed E-state index contributed by atoms with van der Waals surface area (Å²) in [6.45, 7) is 22.1. The number of methoxy groups -OCH3 is 1. The summed E-state index contributed by atoms with van der Waals surface area (Å²) in [6, 6.07) is 8.15. The van der Waals surface area contributed by atoms with Crippen molar-refractivity contribution in [3.63, 3.8) is 0 Å². The SMILES string of the molecule is CC.CCC(=O)NCC(C)(C)COCC(C)(C)CC(=O)NCc1ccc(C)cc1.CNC(=O)CNC(=O)CC(CC(C)C)C(=O)OC. The second kappa shape index (κ2) is 24.7. The maximum Gasteiger partial charge on any atom is 0.309 e. The van der Waals surface area contributed by atoms with Gasteiger partial charge in [-0.3, -0.25) is 24.0 Å². The minimum absolute atomic E-state index is 0.0265. The van der Waals surface area contributed by atoms with E-state index in [4.69, 9.17) is 4.74 Å². The number of hydrogen-bond donors (Lipinski definition) is 4. The summed E-state index contributed by atoms with van der Waals surface area (Å²) in [5.74, 6) is -1.08. The van der Waals surface area contributed by atoms with Gasteiger partial charge >= 0.3 is 5.97 Å². The molecule has 0 saturated carbocycles. The fraction of sp³-hybridized carbons (Fsp3) is 0.694. The number of ether oxygens (including phenoxy) is 2. The zero-order valence-corrected chi connectivity index (χ0v) is 31.2. The molecule has 1 unspecified atom stereocenters. The lowest BCUT2D eigenvalue weighted by Crippen LogP contribution is -2.37. The van der Waals surface area contributed by atoms with Crippen LogP contribution >= 0.6 is 0 Å². The van der Waals surface area contributed by atoms with Gasteiger partial charge in [0.05, 0.1) is 32.8 Å². The van der Waals surface area contributed by atoms with E-state index in [0.717, 1.165) is 5.56 Å². The highest BCUT2D eigenvalue weighted by Crippen LogP contribution is 2.23. The van der Waals surface area contributed by atoms with Crippen molar-refractivity contribution in [3.8, 4) is 0 Å². The Balaban J connectivity index is 0. The van der Waals surface area contributed by atoms with Gasteiger partial charge in [-0.1, -0.05) is 92.1 Å². The van der Waals surface area contributed by atoms with Gasteiger partial charge in [-0.15, -0.1) is 0 Å². The van der Waals surface area contributed by atoms with Gasteiger partial charge in [0.15, 0.2) is 0 Å². The summed E-state index contributed by atoms with van der Waals surface area (Å²) in [7, 11) is 2.79. The van der Waals surface area contributed by atoms with Gasteiger partial charge in [0.25, 0.3) is 0 Å². The quantitative estimate of drug-likeness (QED) is 0.166. The monoisotopic (exact) mass is 664 g/mol. The third-order valence-electron chi connectivity index (χ3n) is 6.77. The highest BCUT2D eigenvalue weighted by Gasteiger charge is 2.26. The number of carbonyl (C=O) groups is 5.